The Morgan fingerprint density at radius 3 is 2.73 bits per heavy atom. The van der Waals surface area contributed by atoms with Gasteiger partial charge in [0, 0.05) is 18.7 Å². The lowest BCUT2D eigenvalue weighted by Gasteiger charge is -2.46. The predicted molar refractivity (Wildman–Crippen MR) is 114 cm³/mol. The van der Waals surface area contributed by atoms with Crippen LogP contribution in [0, 0.1) is 11.2 Å². The van der Waals surface area contributed by atoms with E-state index in [0.717, 1.165) is 29.9 Å². The highest BCUT2D eigenvalue weighted by Crippen LogP contribution is 2.47. The van der Waals surface area contributed by atoms with Crippen molar-refractivity contribution in [2.75, 3.05) is 24.6 Å². The van der Waals surface area contributed by atoms with Crippen molar-refractivity contribution in [1.82, 2.24) is 10.7 Å². The molecule has 3 aliphatic heterocycles. The van der Waals surface area contributed by atoms with Gasteiger partial charge < -0.3 is 15.0 Å². The molecule has 1 amide bonds. The number of benzene rings is 2. The van der Waals surface area contributed by atoms with Gasteiger partial charge in [-0.2, -0.15) is 5.10 Å². The first-order valence-corrected chi connectivity index (χ1v) is 10.3. The van der Waals surface area contributed by atoms with Crippen molar-refractivity contribution in [2.24, 2.45) is 10.5 Å². The van der Waals surface area contributed by atoms with Crippen LogP contribution >= 0.6 is 0 Å². The van der Waals surface area contributed by atoms with Gasteiger partial charge >= 0.3 is 0 Å². The zero-order valence-electron chi connectivity index (χ0n) is 17.3. The van der Waals surface area contributed by atoms with E-state index in [2.05, 4.69) is 35.8 Å². The molecule has 2 aromatic rings. The standard InChI is InChI=1S/C23H25FN4O2/c1-13(23(3)11-25-12-23)16-8-19-20(9-17(16)15-6-4-5-7-18(15)24)30-10-21-26-27-22(29)14(2)28(19)21/h4-9,13-14,25H,10-12H2,1-3H3,(H,27,29)/t13-,14-/m1/s1. The molecule has 30 heavy (non-hydrogen) atoms. The third kappa shape index (κ3) is 2.80. The van der Waals surface area contributed by atoms with Gasteiger partial charge in [0.25, 0.3) is 5.91 Å². The third-order valence-corrected chi connectivity index (χ3v) is 6.82. The van der Waals surface area contributed by atoms with Crippen molar-refractivity contribution < 1.29 is 13.9 Å². The van der Waals surface area contributed by atoms with Crippen LogP contribution in [-0.2, 0) is 4.79 Å². The Hall–Kier alpha value is -2.93. The fourth-order valence-corrected chi connectivity index (χ4v) is 4.56. The number of halogens is 1. The van der Waals surface area contributed by atoms with Gasteiger partial charge in [-0.25, -0.2) is 9.82 Å². The zero-order valence-corrected chi connectivity index (χ0v) is 17.3. The molecular weight excluding hydrogens is 383 g/mol. The van der Waals surface area contributed by atoms with Crippen LogP contribution in [0.1, 0.15) is 32.3 Å². The van der Waals surface area contributed by atoms with Gasteiger partial charge in [0.15, 0.2) is 5.84 Å². The van der Waals surface area contributed by atoms with Crippen molar-refractivity contribution in [3.63, 3.8) is 0 Å². The summed E-state index contributed by atoms with van der Waals surface area (Å²) in [7, 11) is 0. The number of ether oxygens (including phenoxy) is 1. The number of anilines is 1. The molecule has 0 radical (unpaired) electrons. The molecule has 5 rings (SSSR count). The summed E-state index contributed by atoms with van der Waals surface area (Å²) >= 11 is 0. The summed E-state index contributed by atoms with van der Waals surface area (Å²) in [6.45, 7) is 8.37. The first-order valence-electron chi connectivity index (χ1n) is 10.3. The quantitative estimate of drug-likeness (QED) is 0.818. The maximum Gasteiger partial charge on any atom is 0.262 e. The average Bonchev–Trinajstić information content (AvgIpc) is 2.73. The van der Waals surface area contributed by atoms with Gasteiger partial charge in [-0.05, 0) is 47.6 Å². The SMILES string of the molecule is C[C@@H]1C(=O)NN=C2COc3cc(-c4ccccc4F)c([C@@H](C)C4(C)CNC4)cc3N21. The van der Waals surface area contributed by atoms with Gasteiger partial charge in [0.2, 0.25) is 0 Å². The van der Waals surface area contributed by atoms with E-state index in [-0.39, 0.29) is 29.7 Å². The Morgan fingerprint density at radius 2 is 2.03 bits per heavy atom. The summed E-state index contributed by atoms with van der Waals surface area (Å²) in [4.78, 5) is 14.2. The Labute approximate surface area is 175 Å². The predicted octanol–water partition coefficient (Wildman–Crippen LogP) is 3.24. The third-order valence-electron chi connectivity index (χ3n) is 6.82. The summed E-state index contributed by atoms with van der Waals surface area (Å²) in [5.41, 5.74) is 5.88. The van der Waals surface area contributed by atoms with Gasteiger partial charge in [0.1, 0.15) is 24.2 Å². The monoisotopic (exact) mass is 408 g/mol. The summed E-state index contributed by atoms with van der Waals surface area (Å²) in [5.74, 6) is 1.07. The average molecular weight is 408 g/mol. The summed E-state index contributed by atoms with van der Waals surface area (Å²) in [6, 6.07) is 10.4. The van der Waals surface area contributed by atoms with Gasteiger partial charge in [-0.1, -0.05) is 32.0 Å². The van der Waals surface area contributed by atoms with Gasteiger partial charge in [-0.3, -0.25) is 4.79 Å². The molecule has 0 aliphatic carbocycles. The lowest BCUT2D eigenvalue weighted by molar-refractivity contribution is -0.122. The molecule has 156 valence electrons. The van der Waals surface area contributed by atoms with E-state index in [1.165, 1.54) is 6.07 Å². The second-order valence-electron chi connectivity index (χ2n) is 8.71. The van der Waals surface area contributed by atoms with Crippen molar-refractivity contribution >= 4 is 17.4 Å². The maximum absolute atomic E-state index is 14.8. The summed E-state index contributed by atoms with van der Waals surface area (Å²) < 4.78 is 20.8. The second kappa shape index (κ2) is 6.80. The molecule has 6 nitrogen and oxygen atoms in total. The Bertz CT molecular complexity index is 1060. The highest BCUT2D eigenvalue weighted by Gasteiger charge is 2.41. The number of hydrazone groups is 1. The smallest absolute Gasteiger partial charge is 0.262 e. The number of nitrogens with zero attached hydrogens (tertiary/aromatic N) is 2. The van der Waals surface area contributed by atoms with Crippen LogP contribution in [0.15, 0.2) is 41.5 Å². The normalized spacial score (nSPS) is 22.7. The fraction of sp³-hybridized carbons (Fsp3) is 0.391. The van der Waals surface area contributed by atoms with Crippen molar-refractivity contribution in [3.05, 3.63) is 47.8 Å². The molecule has 3 aliphatic rings. The Morgan fingerprint density at radius 1 is 1.27 bits per heavy atom. The van der Waals surface area contributed by atoms with E-state index in [1.807, 2.05) is 24.0 Å². The first kappa shape index (κ1) is 19.1. The highest BCUT2D eigenvalue weighted by atomic mass is 19.1. The topological polar surface area (TPSA) is 66.0 Å². The van der Waals surface area contributed by atoms with Gasteiger partial charge in [-0.15, -0.1) is 0 Å². The van der Waals surface area contributed by atoms with Crippen LogP contribution in [-0.4, -0.2) is 37.5 Å². The molecule has 3 heterocycles. The zero-order chi connectivity index (χ0) is 21.0. The number of amides is 1. The van der Waals surface area contributed by atoms with Crippen LogP contribution in [0.5, 0.6) is 5.75 Å². The number of rotatable bonds is 3. The van der Waals surface area contributed by atoms with Crippen molar-refractivity contribution in [3.8, 4) is 16.9 Å². The fourth-order valence-electron chi connectivity index (χ4n) is 4.56. The molecule has 1 fully saturated rings. The maximum atomic E-state index is 14.8. The minimum atomic E-state index is -0.399. The van der Waals surface area contributed by atoms with Crippen molar-refractivity contribution in [2.45, 2.75) is 32.7 Å². The molecule has 0 unspecified atom stereocenters. The minimum Gasteiger partial charge on any atom is -0.483 e. The molecule has 0 spiro atoms. The van der Waals surface area contributed by atoms with E-state index in [0.29, 0.717) is 17.1 Å². The number of hydrogen-bond donors (Lipinski definition) is 2. The number of carbonyl (C=O) groups excluding carboxylic acids is 1. The molecule has 1 saturated heterocycles. The highest BCUT2D eigenvalue weighted by molar-refractivity contribution is 6.09. The van der Waals surface area contributed by atoms with Crippen LogP contribution in [0.3, 0.4) is 0 Å². The lowest BCUT2D eigenvalue weighted by Crippen LogP contribution is -2.55. The number of hydrogen-bond acceptors (Lipinski definition) is 5. The molecule has 0 bridgehead atoms. The Balaban J connectivity index is 1.71. The van der Waals surface area contributed by atoms with Gasteiger partial charge in [0.05, 0.1) is 5.69 Å². The Kier molecular flexibility index (Phi) is 4.32. The van der Waals surface area contributed by atoms with Crippen molar-refractivity contribution in [1.29, 1.82) is 0 Å². The molecule has 0 aromatic heterocycles. The summed E-state index contributed by atoms with van der Waals surface area (Å²) in [6.07, 6.45) is 0. The molecule has 2 atom stereocenters. The molecule has 7 heteroatoms. The molecule has 0 saturated carbocycles. The number of carbonyl (C=O) groups is 1. The van der Waals surface area contributed by atoms with E-state index < -0.39 is 6.04 Å². The second-order valence-corrected chi connectivity index (χ2v) is 8.71. The van der Waals surface area contributed by atoms with Crippen LogP contribution in [0.4, 0.5) is 10.1 Å². The number of fused-ring (bicyclic) bond motifs is 3. The largest absolute Gasteiger partial charge is 0.483 e. The van der Waals surface area contributed by atoms with Crippen LogP contribution in [0.25, 0.3) is 11.1 Å². The molecular formula is C23H25FN4O2. The molecule has 2 aromatic carbocycles. The summed E-state index contributed by atoms with van der Waals surface area (Å²) in [5, 5.41) is 7.54. The van der Waals surface area contributed by atoms with E-state index >= 15 is 0 Å². The minimum absolute atomic E-state index is 0.0750. The number of amidine groups is 1. The van der Waals surface area contributed by atoms with Crippen LogP contribution < -0.4 is 20.4 Å². The van der Waals surface area contributed by atoms with E-state index in [1.54, 1.807) is 12.1 Å². The van der Waals surface area contributed by atoms with E-state index in [4.69, 9.17) is 4.74 Å². The number of nitrogens with one attached hydrogen (secondary N) is 2. The lowest BCUT2D eigenvalue weighted by atomic mass is 9.69. The van der Waals surface area contributed by atoms with E-state index in [9.17, 15) is 9.18 Å². The molecule has 2 N–H and O–H groups in total. The van der Waals surface area contributed by atoms with Crippen LogP contribution in [0.2, 0.25) is 0 Å². The first-order chi connectivity index (χ1) is 14.4.